The highest BCUT2D eigenvalue weighted by Crippen LogP contribution is 2.17. The SMILES string of the molecule is CCCc1nc(N)c(C)c(NCCOCC(F)F)n1. The van der Waals surface area contributed by atoms with Gasteiger partial charge in [0.25, 0.3) is 6.43 Å². The van der Waals surface area contributed by atoms with Gasteiger partial charge in [-0.2, -0.15) is 0 Å². The molecule has 7 heteroatoms. The molecule has 0 amide bonds. The fraction of sp³-hybridized carbons (Fsp3) is 0.667. The van der Waals surface area contributed by atoms with Gasteiger partial charge >= 0.3 is 0 Å². The Labute approximate surface area is 111 Å². The van der Waals surface area contributed by atoms with Crippen molar-refractivity contribution in [2.24, 2.45) is 0 Å². The lowest BCUT2D eigenvalue weighted by Crippen LogP contribution is -2.16. The van der Waals surface area contributed by atoms with Crippen LogP contribution in [0.4, 0.5) is 20.4 Å². The normalized spacial score (nSPS) is 11.0. The summed E-state index contributed by atoms with van der Waals surface area (Å²) in [5.74, 6) is 1.76. The van der Waals surface area contributed by atoms with E-state index in [1.807, 2.05) is 13.8 Å². The van der Waals surface area contributed by atoms with Crippen LogP contribution in [-0.4, -0.2) is 36.2 Å². The Morgan fingerprint density at radius 2 is 2.11 bits per heavy atom. The van der Waals surface area contributed by atoms with Crippen molar-refractivity contribution in [3.63, 3.8) is 0 Å². The molecule has 1 aromatic heterocycles. The van der Waals surface area contributed by atoms with Crippen molar-refractivity contribution in [3.8, 4) is 0 Å². The zero-order valence-corrected chi connectivity index (χ0v) is 11.2. The van der Waals surface area contributed by atoms with Crippen LogP contribution in [0, 0.1) is 6.92 Å². The maximum atomic E-state index is 11.9. The van der Waals surface area contributed by atoms with E-state index >= 15 is 0 Å². The number of nitrogens with zero attached hydrogens (tertiary/aromatic N) is 2. The number of nitrogens with two attached hydrogens (primary N) is 1. The van der Waals surface area contributed by atoms with Gasteiger partial charge in [-0.1, -0.05) is 6.92 Å². The van der Waals surface area contributed by atoms with Gasteiger partial charge in [-0.25, -0.2) is 18.7 Å². The highest BCUT2D eigenvalue weighted by Gasteiger charge is 2.08. The summed E-state index contributed by atoms with van der Waals surface area (Å²) < 4.78 is 28.5. The summed E-state index contributed by atoms with van der Waals surface area (Å²) in [6.07, 6.45) is -0.756. The molecule has 0 fully saturated rings. The molecule has 0 saturated carbocycles. The van der Waals surface area contributed by atoms with Crippen LogP contribution in [0.2, 0.25) is 0 Å². The number of nitrogens with one attached hydrogen (secondary N) is 1. The fourth-order valence-corrected chi connectivity index (χ4v) is 1.50. The maximum Gasteiger partial charge on any atom is 0.261 e. The predicted octanol–water partition coefficient (Wildman–Crippen LogP) is 2.01. The Morgan fingerprint density at radius 1 is 1.37 bits per heavy atom. The Hall–Kier alpha value is -1.50. The summed E-state index contributed by atoms with van der Waals surface area (Å²) in [5, 5.41) is 3.03. The molecule has 0 spiro atoms. The molecule has 0 atom stereocenters. The smallest absolute Gasteiger partial charge is 0.261 e. The van der Waals surface area contributed by atoms with E-state index in [-0.39, 0.29) is 6.61 Å². The van der Waals surface area contributed by atoms with Crippen molar-refractivity contribution in [1.29, 1.82) is 0 Å². The van der Waals surface area contributed by atoms with Crippen molar-refractivity contribution < 1.29 is 13.5 Å². The molecule has 0 unspecified atom stereocenters. The average molecular weight is 274 g/mol. The van der Waals surface area contributed by atoms with Gasteiger partial charge in [-0.3, -0.25) is 0 Å². The molecule has 108 valence electrons. The average Bonchev–Trinajstić information content (AvgIpc) is 2.34. The van der Waals surface area contributed by atoms with E-state index in [2.05, 4.69) is 15.3 Å². The van der Waals surface area contributed by atoms with Gasteiger partial charge in [0.05, 0.1) is 6.61 Å². The Bertz CT molecular complexity index is 402. The largest absolute Gasteiger partial charge is 0.383 e. The van der Waals surface area contributed by atoms with Crippen LogP contribution < -0.4 is 11.1 Å². The van der Waals surface area contributed by atoms with Crippen LogP contribution in [0.1, 0.15) is 24.7 Å². The number of rotatable bonds is 8. The van der Waals surface area contributed by atoms with E-state index in [1.54, 1.807) is 0 Å². The van der Waals surface area contributed by atoms with Crippen molar-refractivity contribution in [1.82, 2.24) is 9.97 Å². The third kappa shape index (κ3) is 5.34. The zero-order valence-electron chi connectivity index (χ0n) is 11.2. The maximum absolute atomic E-state index is 11.9. The Kier molecular flexibility index (Phi) is 6.41. The lowest BCUT2D eigenvalue weighted by atomic mass is 10.2. The number of nitrogen functional groups attached to an aromatic ring is 1. The Balaban J connectivity index is 2.52. The van der Waals surface area contributed by atoms with Crippen molar-refractivity contribution in [2.45, 2.75) is 33.1 Å². The summed E-state index contributed by atoms with van der Waals surface area (Å²) in [5.41, 5.74) is 6.56. The number of halogens is 2. The monoisotopic (exact) mass is 274 g/mol. The van der Waals surface area contributed by atoms with Gasteiger partial charge in [0.1, 0.15) is 24.1 Å². The number of aryl methyl sites for hydroxylation is 1. The molecule has 0 bridgehead atoms. The van der Waals surface area contributed by atoms with E-state index < -0.39 is 13.0 Å². The summed E-state index contributed by atoms with van der Waals surface area (Å²) in [4.78, 5) is 8.54. The third-order valence-corrected chi connectivity index (χ3v) is 2.49. The lowest BCUT2D eigenvalue weighted by molar-refractivity contribution is 0.0214. The standard InChI is InChI=1S/C12H20F2N4O/c1-3-4-10-17-11(15)8(2)12(18-10)16-5-6-19-7-9(13)14/h9H,3-7H2,1-2H3,(H3,15,16,17,18). The van der Waals surface area contributed by atoms with Gasteiger partial charge in [-0.05, 0) is 13.3 Å². The quantitative estimate of drug-likeness (QED) is 0.709. The van der Waals surface area contributed by atoms with E-state index in [1.165, 1.54) is 0 Å². The first-order chi connectivity index (χ1) is 9.04. The summed E-state index contributed by atoms with van der Waals surface area (Å²) >= 11 is 0. The van der Waals surface area contributed by atoms with Gasteiger partial charge < -0.3 is 15.8 Å². The molecule has 19 heavy (non-hydrogen) atoms. The van der Waals surface area contributed by atoms with Crippen LogP contribution in [-0.2, 0) is 11.2 Å². The highest BCUT2D eigenvalue weighted by atomic mass is 19.3. The first kappa shape index (κ1) is 15.6. The highest BCUT2D eigenvalue weighted by molar-refractivity contribution is 5.54. The molecule has 1 aromatic rings. The molecule has 1 heterocycles. The van der Waals surface area contributed by atoms with Crippen molar-refractivity contribution in [2.75, 3.05) is 30.8 Å². The van der Waals surface area contributed by atoms with Gasteiger partial charge in [-0.15, -0.1) is 0 Å². The van der Waals surface area contributed by atoms with Crippen LogP contribution in [0.25, 0.3) is 0 Å². The Morgan fingerprint density at radius 3 is 2.74 bits per heavy atom. The molecule has 3 N–H and O–H groups in total. The van der Waals surface area contributed by atoms with Gasteiger partial charge in [0.15, 0.2) is 0 Å². The molecule has 0 radical (unpaired) electrons. The second-order valence-corrected chi connectivity index (χ2v) is 4.14. The molecule has 0 aliphatic rings. The van der Waals surface area contributed by atoms with Crippen molar-refractivity contribution in [3.05, 3.63) is 11.4 Å². The predicted molar refractivity (Wildman–Crippen MR) is 70.5 cm³/mol. The van der Waals surface area contributed by atoms with Gasteiger partial charge in [0, 0.05) is 18.5 Å². The minimum atomic E-state index is -2.44. The minimum absolute atomic E-state index is 0.191. The zero-order chi connectivity index (χ0) is 14.3. The summed E-state index contributed by atoms with van der Waals surface area (Å²) in [6.45, 7) is 3.89. The van der Waals surface area contributed by atoms with E-state index in [0.29, 0.717) is 24.0 Å². The molecule has 0 aliphatic heterocycles. The molecule has 1 rings (SSSR count). The second kappa shape index (κ2) is 7.83. The number of hydrogen-bond acceptors (Lipinski definition) is 5. The molecular formula is C12H20F2N4O. The second-order valence-electron chi connectivity index (χ2n) is 4.14. The lowest BCUT2D eigenvalue weighted by Gasteiger charge is -2.12. The first-order valence-electron chi connectivity index (χ1n) is 6.27. The van der Waals surface area contributed by atoms with E-state index in [4.69, 9.17) is 10.5 Å². The van der Waals surface area contributed by atoms with Crippen LogP contribution >= 0.6 is 0 Å². The van der Waals surface area contributed by atoms with Crippen LogP contribution in [0.5, 0.6) is 0 Å². The summed E-state index contributed by atoms with van der Waals surface area (Å²) in [7, 11) is 0. The number of anilines is 2. The number of aromatic nitrogens is 2. The van der Waals surface area contributed by atoms with E-state index in [9.17, 15) is 8.78 Å². The number of hydrogen-bond donors (Lipinski definition) is 2. The topological polar surface area (TPSA) is 73.1 Å². The summed E-state index contributed by atoms with van der Waals surface area (Å²) in [6, 6.07) is 0. The van der Waals surface area contributed by atoms with Gasteiger partial charge in [0.2, 0.25) is 0 Å². The number of ether oxygens (including phenoxy) is 1. The molecular weight excluding hydrogens is 254 g/mol. The number of alkyl halides is 2. The van der Waals surface area contributed by atoms with E-state index in [0.717, 1.165) is 18.4 Å². The fourth-order valence-electron chi connectivity index (χ4n) is 1.50. The molecule has 5 nitrogen and oxygen atoms in total. The first-order valence-corrected chi connectivity index (χ1v) is 6.27. The molecule has 0 aromatic carbocycles. The van der Waals surface area contributed by atoms with Crippen molar-refractivity contribution >= 4 is 11.6 Å². The molecule has 0 saturated heterocycles. The molecule has 0 aliphatic carbocycles. The minimum Gasteiger partial charge on any atom is -0.383 e. The third-order valence-electron chi connectivity index (χ3n) is 2.49. The van der Waals surface area contributed by atoms with Crippen LogP contribution in [0.3, 0.4) is 0 Å². The van der Waals surface area contributed by atoms with Crippen LogP contribution in [0.15, 0.2) is 0 Å².